The number of hydrogen-bond donors (Lipinski definition) is 0. The van der Waals surface area contributed by atoms with E-state index < -0.39 is 22.8 Å². The Bertz CT molecular complexity index is 539. The number of para-hydroxylation sites is 1. The quantitative estimate of drug-likeness (QED) is 0.300. The second-order valence-electron chi connectivity index (χ2n) is 4.83. The van der Waals surface area contributed by atoms with E-state index in [2.05, 4.69) is 0 Å². The highest BCUT2D eigenvalue weighted by Gasteiger charge is 2.29. The standard InChI is InChI=1S/C16H21NO6/c1-3-22-15(18)13(16(19)23-4-2)10-7-9-12-8-5-6-11-14(12)17(20)21/h5-6,8,11,13H,3-4,7,9-10H2,1-2H3. The molecule has 7 nitrogen and oxygen atoms in total. The molecule has 0 N–H and O–H groups in total. The average molecular weight is 323 g/mol. The summed E-state index contributed by atoms with van der Waals surface area (Å²) < 4.78 is 9.78. The third-order valence-electron chi connectivity index (χ3n) is 3.27. The molecule has 0 unspecified atom stereocenters. The second-order valence-corrected chi connectivity index (χ2v) is 4.83. The second kappa shape index (κ2) is 9.55. The van der Waals surface area contributed by atoms with E-state index in [4.69, 9.17) is 9.47 Å². The molecule has 1 aromatic carbocycles. The predicted molar refractivity (Wildman–Crippen MR) is 82.8 cm³/mol. The van der Waals surface area contributed by atoms with E-state index >= 15 is 0 Å². The summed E-state index contributed by atoms with van der Waals surface area (Å²) in [7, 11) is 0. The maximum Gasteiger partial charge on any atom is 0.320 e. The van der Waals surface area contributed by atoms with Gasteiger partial charge in [-0.2, -0.15) is 0 Å². The Hall–Kier alpha value is -2.44. The van der Waals surface area contributed by atoms with Crippen LogP contribution >= 0.6 is 0 Å². The highest BCUT2D eigenvalue weighted by molar-refractivity contribution is 5.94. The topological polar surface area (TPSA) is 95.7 Å². The van der Waals surface area contributed by atoms with Crippen molar-refractivity contribution < 1.29 is 24.0 Å². The Morgan fingerprint density at radius 1 is 1.13 bits per heavy atom. The van der Waals surface area contributed by atoms with Gasteiger partial charge in [-0.05, 0) is 33.1 Å². The van der Waals surface area contributed by atoms with Crippen molar-refractivity contribution in [3.8, 4) is 0 Å². The fourth-order valence-corrected chi connectivity index (χ4v) is 2.21. The van der Waals surface area contributed by atoms with Crippen LogP contribution in [0.3, 0.4) is 0 Å². The van der Waals surface area contributed by atoms with Crippen LogP contribution in [0.15, 0.2) is 24.3 Å². The maximum atomic E-state index is 11.8. The lowest BCUT2D eigenvalue weighted by Crippen LogP contribution is -2.28. The summed E-state index contributed by atoms with van der Waals surface area (Å²) in [4.78, 5) is 34.2. The molecular formula is C16H21NO6. The normalized spacial score (nSPS) is 10.4. The summed E-state index contributed by atoms with van der Waals surface area (Å²) >= 11 is 0. The van der Waals surface area contributed by atoms with Crippen LogP contribution in [0.4, 0.5) is 5.69 Å². The number of rotatable bonds is 9. The molecular weight excluding hydrogens is 302 g/mol. The van der Waals surface area contributed by atoms with Gasteiger partial charge in [0.15, 0.2) is 5.92 Å². The summed E-state index contributed by atoms with van der Waals surface area (Å²) in [6, 6.07) is 6.42. The summed E-state index contributed by atoms with van der Waals surface area (Å²) in [5.74, 6) is -2.22. The van der Waals surface area contributed by atoms with E-state index in [1.807, 2.05) is 0 Å². The van der Waals surface area contributed by atoms with E-state index in [-0.39, 0.29) is 25.3 Å². The molecule has 0 aliphatic heterocycles. The number of esters is 2. The molecule has 23 heavy (non-hydrogen) atoms. The summed E-state index contributed by atoms with van der Waals surface area (Å²) in [5.41, 5.74) is 0.611. The van der Waals surface area contributed by atoms with Crippen LogP contribution in [-0.2, 0) is 25.5 Å². The molecule has 1 rings (SSSR count). The maximum absolute atomic E-state index is 11.8. The van der Waals surface area contributed by atoms with Gasteiger partial charge in [-0.3, -0.25) is 19.7 Å². The number of hydrogen-bond acceptors (Lipinski definition) is 6. The van der Waals surface area contributed by atoms with Crippen molar-refractivity contribution in [1.29, 1.82) is 0 Å². The number of carbonyl (C=O) groups excluding carboxylic acids is 2. The van der Waals surface area contributed by atoms with Gasteiger partial charge >= 0.3 is 11.9 Å². The zero-order chi connectivity index (χ0) is 17.2. The molecule has 0 fully saturated rings. The van der Waals surface area contributed by atoms with Crippen molar-refractivity contribution in [3.05, 3.63) is 39.9 Å². The van der Waals surface area contributed by atoms with Gasteiger partial charge in [0.2, 0.25) is 0 Å². The van der Waals surface area contributed by atoms with Gasteiger partial charge in [0.1, 0.15) is 0 Å². The molecule has 0 aliphatic carbocycles. The lowest BCUT2D eigenvalue weighted by molar-refractivity contribution is -0.385. The number of ether oxygens (including phenoxy) is 2. The molecule has 0 amide bonds. The molecule has 0 aliphatic rings. The van der Waals surface area contributed by atoms with Gasteiger partial charge in [0.25, 0.3) is 5.69 Å². The van der Waals surface area contributed by atoms with Crippen LogP contribution in [0.25, 0.3) is 0 Å². The van der Waals surface area contributed by atoms with Crippen molar-refractivity contribution in [2.45, 2.75) is 33.1 Å². The fraction of sp³-hybridized carbons (Fsp3) is 0.500. The number of nitro benzene ring substituents is 1. The Kier molecular flexibility index (Phi) is 7.73. The molecule has 0 spiro atoms. The first-order valence-corrected chi connectivity index (χ1v) is 7.56. The van der Waals surface area contributed by atoms with Crippen LogP contribution in [0, 0.1) is 16.0 Å². The third kappa shape index (κ3) is 5.69. The molecule has 0 radical (unpaired) electrons. The molecule has 0 aromatic heterocycles. The summed E-state index contributed by atoms with van der Waals surface area (Å²) in [6.07, 6.45) is 1.06. The number of aryl methyl sites for hydroxylation is 1. The van der Waals surface area contributed by atoms with Crippen LogP contribution in [0.1, 0.15) is 32.3 Å². The lowest BCUT2D eigenvalue weighted by Gasteiger charge is -2.14. The van der Waals surface area contributed by atoms with Crippen molar-refractivity contribution in [3.63, 3.8) is 0 Å². The molecule has 0 atom stereocenters. The van der Waals surface area contributed by atoms with Crippen LogP contribution < -0.4 is 0 Å². The summed E-state index contributed by atoms with van der Waals surface area (Å²) in [6.45, 7) is 3.68. The number of carbonyl (C=O) groups is 2. The largest absolute Gasteiger partial charge is 0.465 e. The average Bonchev–Trinajstić information content (AvgIpc) is 2.52. The number of nitro groups is 1. The Balaban J connectivity index is 2.70. The van der Waals surface area contributed by atoms with Gasteiger partial charge in [-0.1, -0.05) is 18.2 Å². The van der Waals surface area contributed by atoms with Gasteiger partial charge < -0.3 is 9.47 Å². The highest BCUT2D eigenvalue weighted by atomic mass is 16.6. The predicted octanol–water partition coefficient (Wildman–Crippen LogP) is 2.66. The first kappa shape index (κ1) is 18.6. The molecule has 0 heterocycles. The van der Waals surface area contributed by atoms with Crippen LogP contribution in [0.5, 0.6) is 0 Å². The zero-order valence-electron chi connectivity index (χ0n) is 13.3. The lowest BCUT2D eigenvalue weighted by atomic mass is 9.99. The van der Waals surface area contributed by atoms with Gasteiger partial charge in [-0.15, -0.1) is 0 Å². The monoisotopic (exact) mass is 323 g/mol. The minimum absolute atomic E-state index is 0.0383. The van der Waals surface area contributed by atoms with E-state index in [0.717, 1.165) is 0 Å². The third-order valence-corrected chi connectivity index (χ3v) is 3.27. The Morgan fingerprint density at radius 2 is 1.70 bits per heavy atom. The first-order valence-electron chi connectivity index (χ1n) is 7.56. The minimum Gasteiger partial charge on any atom is -0.465 e. The van der Waals surface area contributed by atoms with Gasteiger partial charge in [0, 0.05) is 11.6 Å². The van der Waals surface area contributed by atoms with E-state index in [0.29, 0.717) is 18.4 Å². The van der Waals surface area contributed by atoms with Gasteiger partial charge in [-0.25, -0.2) is 0 Å². The first-order chi connectivity index (χ1) is 11.0. The summed E-state index contributed by atoms with van der Waals surface area (Å²) in [5, 5.41) is 11.0. The number of benzene rings is 1. The molecule has 0 saturated heterocycles. The smallest absolute Gasteiger partial charge is 0.320 e. The molecule has 7 heteroatoms. The van der Waals surface area contributed by atoms with Crippen molar-refractivity contribution in [1.82, 2.24) is 0 Å². The van der Waals surface area contributed by atoms with E-state index in [1.54, 1.807) is 32.0 Å². The molecule has 0 bridgehead atoms. The molecule has 1 aromatic rings. The van der Waals surface area contributed by atoms with E-state index in [1.165, 1.54) is 6.07 Å². The molecule has 126 valence electrons. The number of nitrogens with zero attached hydrogens (tertiary/aromatic N) is 1. The minimum atomic E-state index is -0.988. The van der Waals surface area contributed by atoms with Crippen molar-refractivity contribution in [2.75, 3.05) is 13.2 Å². The zero-order valence-corrected chi connectivity index (χ0v) is 13.3. The van der Waals surface area contributed by atoms with Crippen molar-refractivity contribution >= 4 is 17.6 Å². The van der Waals surface area contributed by atoms with Crippen molar-refractivity contribution in [2.24, 2.45) is 5.92 Å². The van der Waals surface area contributed by atoms with Crippen LogP contribution in [-0.4, -0.2) is 30.1 Å². The molecule has 0 saturated carbocycles. The highest BCUT2D eigenvalue weighted by Crippen LogP contribution is 2.21. The van der Waals surface area contributed by atoms with Gasteiger partial charge in [0.05, 0.1) is 18.1 Å². The Morgan fingerprint density at radius 3 is 2.22 bits per heavy atom. The van der Waals surface area contributed by atoms with E-state index in [9.17, 15) is 19.7 Å². The fourth-order valence-electron chi connectivity index (χ4n) is 2.21. The van der Waals surface area contributed by atoms with Crippen LogP contribution in [0.2, 0.25) is 0 Å². The Labute approximate surface area is 134 Å². The SMILES string of the molecule is CCOC(=O)C(CCCc1ccccc1[N+](=O)[O-])C(=O)OCC.